The molecule has 0 aromatic carbocycles. The van der Waals surface area contributed by atoms with E-state index in [4.69, 9.17) is 9.90 Å². The van der Waals surface area contributed by atoms with E-state index in [9.17, 15) is 4.79 Å². The zero-order valence-electron chi connectivity index (χ0n) is 4.33. The van der Waals surface area contributed by atoms with Crippen LogP contribution in [0, 0.1) is 0 Å². The fraction of sp³-hybridized carbons (Fsp3) is 0.333. The zero-order valence-corrected chi connectivity index (χ0v) is 4.33. The Morgan fingerprint density at radius 3 is 2.00 bits per heavy atom. The molecule has 0 aliphatic carbocycles. The van der Waals surface area contributed by atoms with Crippen molar-refractivity contribution in [3.63, 3.8) is 0 Å². The lowest BCUT2D eigenvalue weighted by atomic mass is 10.8. The average Bonchev–Trinajstić information content (AvgIpc) is 1.69. The van der Waals surface area contributed by atoms with Gasteiger partial charge in [-0.1, -0.05) is 0 Å². The second-order valence-electron chi connectivity index (χ2n) is 0.715. The summed E-state index contributed by atoms with van der Waals surface area (Å²) in [7, 11) is 0. The van der Waals surface area contributed by atoms with Crippen molar-refractivity contribution in [2.75, 3.05) is 0 Å². The Kier molecular flexibility index (Phi) is 11.6. The van der Waals surface area contributed by atoms with Crippen LogP contribution in [0.15, 0.2) is 0 Å². The SMILES string of the molecule is CC(=O)ON.O=CO. The van der Waals surface area contributed by atoms with Gasteiger partial charge in [0.2, 0.25) is 0 Å². The van der Waals surface area contributed by atoms with Crippen LogP contribution in [-0.2, 0) is 14.4 Å². The Bertz CT molecular complexity index is 71.7. The highest BCUT2D eigenvalue weighted by molar-refractivity contribution is 5.65. The summed E-state index contributed by atoms with van der Waals surface area (Å²) in [6.45, 7) is 0.986. The molecule has 0 aromatic heterocycles. The fourth-order valence-corrected chi connectivity index (χ4v) is 0. The van der Waals surface area contributed by atoms with E-state index in [0.717, 1.165) is 0 Å². The molecule has 0 amide bonds. The summed E-state index contributed by atoms with van der Waals surface area (Å²) in [6.07, 6.45) is 0. The lowest BCUT2D eigenvalue weighted by molar-refractivity contribution is -0.141. The third kappa shape index (κ3) is 92.0. The molecule has 0 unspecified atom stereocenters. The minimum Gasteiger partial charge on any atom is -0.483 e. The molecule has 8 heavy (non-hydrogen) atoms. The molecule has 0 aromatic rings. The second kappa shape index (κ2) is 9.31. The highest BCUT2D eigenvalue weighted by Crippen LogP contribution is 1.55. The largest absolute Gasteiger partial charge is 0.483 e. The summed E-state index contributed by atoms with van der Waals surface area (Å²) >= 11 is 0. The summed E-state index contributed by atoms with van der Waals surface area (Å²) in [5, 5.41) is 6.89. The number of hydrogen-bond acceptors (Lipinski definition) is 4. The topological polar surface area (TPSA) is 89.6 Å². The van der Waals surface area contributed by atoms with Gasteiger partial charge in [0.25, 0.3) is 6.47 Å². The fourth-order valence-electron chi connectivity index (χ4n) is 0. The van der Waals surface area contributed by atoms with Crippen molar-refractivity contribution in [2.24, 2.45) is 5.90 Å². The van der Waals surface area contributed by atoms with E-state index in [0.29, 0.717) is 0 Å². The molecular weight excluding hydrogens is 114 g/mol. The quantitative estimate of drug-likeness (QED) is 0.321. The van der Waals surface area contributed by atoms with Crippen molar-refractivity contribution < 1.29 is 19.5 Å². The number of rotatable bonds is 0. The predicted molar refractivity (Wildman–Crippen MR) is 24.6 cm³/mol. The van der Waals surface area contributed by atoms with Crippen molar-refractivity contribution in [3.05, 3.63) is 0 Å². The zero-order chi connectivity index (χ0) is 6.99. The van der Waals surface area contributed by atoms with Crippen LogP contribution >= 0.6 is 0 Å². The summed E-state index contributed by atoms with van der Waals surface area (Å²) in [6, 6.07) is 0. The Balaban J connectivity index is 0. The van der Waals surface area contributed by atoms with Gasteiger partial charge in [-0.3, -0.25) is 9.59 Å². The van der Waals surface area contributed by atoms with Crippen LogP contribution in [0.5, 0.6) is 0 Å². The van der Waals surface area contributed by atoms with Crippen molar-refractivity contribution in [2.45, 2.75) is 6.92 Å². The van der Waals surface area contributed by atoms with Gasteiger partial charge in [-0.15, -0.1) is 0 Å². The molecule has 0 saturated heterocycles. The van der Waals surface area contributed by atoms with E-state index in [1.54, 1.807) is 0 Å². The van der Waals surface area contributed by atoms with Gasteiger partial charge in [0.1, 0.15) is 0 Å². The molecule has 48 valence electrons. The number of hydrogen-bond donors (Lipinski definition) is 2. The van der Waals surface area contributed by atoms with E-state index in [2.05, 4.69) is 10.7 Å². The summed E-state index contributed by atoms with van der Waals surface area (Å²) < 4.78 is 0. The molecular formula is C3H7NO4. The normalized spacial score (nSPS) is 5.75. The lowest BCUT2D eigenvalue weighted by Gasteiger charge is -1.79. The van der Waals surface area contributed by atoms with E-state index in [1.807, 2.05) is 0 Å². The van der Waals surface area contributed by atoms with E-state index in [1.165, 1.54) is 6.92 Å². The molecule has 0 bridgehead atoms. The second-order valence-corrected chi connectivity index (χ2v) is 0.715. The van der Waals surface area contributed by atoms with Gasteiger partial charge in [0.15, 0.2) is 0 Å². The number of carbonyl (C=O) groups excluding carboxylic acids is 1. The van der Waals surface area contributed by atoms with Crippen LogP contribution < -0.4 is 5.90 Å². The maximum absolute atomic E-state index is 9.47. The van der Waals surface area contributed by atoms with E-state index >= 15 is 0 Å². The van der Waals surface area contributed by atoms with Crippen LogP contribution in [0.25, 0.3) is 0 Å². The maximum Gasteiger partial charge on any atom is 0.321 e. The van der Waals surface area contributed by atoms with Gasteiger partial charge < -0.3 is 9.94 Å². The van der Waals surface area contributed by atoms with Crippen molar-refractivity contribution in [1.82, 2.24) is 0 Å². The third-order valence-corrected chi connectivity index (χ3v) is 0.166. The van der Waals surface area contributed by atoms with Gasteiger partial charge in [-0.05, 0) is 0 Å². The summed E-state index contributed by atoms with van der Waals surface area (Å²) in [5.74, 6) is 3.85. The van der Waals surface area contributed by atoms with Gasteiger partial charge in [0, 0.05) is 6.92 Å². The lowest BCUT2D eigenvalue weighted by Crippen LogP contribution is -2.03. The van der Waals surface area contributed by atoms with E-state index in [-0.39, 0.29) is 6.47 Å². The molecule has 5 heteroatoms. The average molecular weight is 121 g/mol. The predicted octanol–water partition coefficient (Wildman–Crippen LogP) is -0.876. The Morgan fingerprint density at radius 2 is 2.00 bits per heavy atom. The van der Waals surface area contributed by atoms with Gasteiger partial charge in [0.05, 0.1) is 0 Å². The Labute approximate surface area is 46.0 Å². The molecule has 0 atom stereocenters. The number of carboxylic acid groups (broad SMARTS) is 1. The van der Waals surface area contributed by atoms with Gasteiger partial charge in [-0.25, -0.2) is 0 Å². The molecule has 0 spiro atoms. The molecule has 0 radical (unpaired) electrons. The summed E-state index contributed by atoms with van der Waals surface area (Å²) in [5.41, 5.74) is 0. The van der Waals surface area contributed by atoms with Crippen LogP contribution in [0.4, 0.5) is 0 Å². The Morgan fingerprint density at radius 1 is 1.88 bits per heavy atom. The molecule has 0 saturated carbocycles. The first-order chi connectivity index (χ1) is 3.68. The molecule has 0 rings (SSSR count). The van der Waals surface area contributed by atoms with Gasteiger partial charge in [-0.2, -0.15) is 5.90 Å². The summed E-state index contributed by atoms with van der Waals surface area (Å²) in [4.78, 5) is 21.4. The van der Waals surface area contributed by atoms with Crippen molar-refractivity contribution >= 4 is 12.4 Å². The highest BCUT2D eigenvalue weighted by atomic mass is 16.7. The molecule has 0 heterocycles. The van der Waals surface area contributed by atoms with Crippen molar-refractivity contribution in [3.8, 4) is 0 Å². The minimum atomic E-state index is -0.468. The molecule has 0 aliphatic rings. The smallest absolute Gasteiger partial charge is 0.321 e. The highest BCUT2D eigenvalue weighted by Gasteiger charge is 1.77. The third-order valence-electron chi connectivity index (χ3n) is 0.166. The first-order valence-electron chi connectivity index (χ1n) is 1.64. The van der Waals surface area contributed by atoms with Crippen LogP contribution in [0.3, 0.4) is 0 Å². The van der Waals surface area contributed by atoms with Crippen LogP contribution in [-0.4, -0.2) is 17.5 Å². The van der Waals surface area contributed by atoms with Crippen molar-refractivity contribution in [1.29, 1.82) is 0 Å². The van der Waals surface area contributed by atoms with Crippen LogP contribution in [0.1, 0.15) is 6.92 Å². The number of nitrogens with two attached hydrogens (primary N) is 1. The molecule has 0 fully saturated rings. The monoisotopic (exact) mass is 121 g/mol. The van der Waals surface area contributed by atoms with Crippen LogP contribution in [0.2, 0.25) is 0 Å². The first kappa shape index (κ1) is 10.0. The molecule has 5 nitrogen and oxygen atoms in total. The number of carbonyl (C=O) groups is 2. The standard InChI is InChI=1S/C2H5NO2.CH2O2/c1-2(4)5-3;2-1-3/h3H2,1H3;1H,(H,2,3). The maximum atomic E-state index is 9.47. The molecule has 3 N–H and O–H groups in total. The minimum absolute atomic E-state index is 0.250. The first-order valence-corrected chi connectivity index (χ1v) is 1.64. The Hall–Kier alpha value is -1.10. The van der Waals surface area contributed by atoms with Gasteiger partial charge >= 0.3 is 5.97 Å². The van der Waals surface area contributed by atoms with E-state index < -0.39 is 5.97 Å². The molecule has 0 aliphatic heterocycles.